The van der Waals surface area contributed by atoms with Gasteiger partial charge >= 0.3 is 6.09 Å². The van der Waals surface area contributed by atoms with Crippen molar-refractivity contribution < 1.29 is 23.9 Å². The average molecular weight is 655 g/mol. The molecule has 250 valence electrons. The number of carbonyl (C=O) groups excluding carboxylic acids is 3. The van der Waals surface area contributed by atoms with Crippen LogP contribution < -0.4 is 14.5 Å². The van der Waals surface area contributed by atoms with Crippen LogP contribution in [-0.4, -0.2) is 117 Å². The first-order valence-corrected chi connectivity index (χ1v) is 16.7. The fourth-order valence-electron chi connectivity index (χ4n) is 6.72. The maximum atomic E-state index is 13.5. The van der Waals surface area contributed by atoms with Crippen LogP contribution in [0.1, 0.15) is 49.0 Å². The number of fused-ring (bicyclic) bond motifs is 1. The second-order valence-corrected chi connectivity index (χ2v) is 13.3. The van der Waals surface area contributed by atoms with Crippen LogP contribution in [0.3, 0.4) is 0 Å². The molecule has 0 spiro atoms. The Morgan fingerprint density at radius 3 is 2.30 bits per heavy atom. The predicted octanol–water partition coefficient (Wildman–Crippen LogP) is 4.56. The van der Waals surface area contributed by atoms with Crippen molar-refractivity contribution in [2.45, 2.75) is 46.1 Å². The second kappa shape index (κ2) is 14.9. The lowest BCUT2D eigenvalue weighted by Crippen LogP contribution is -2.43. The fourth-order valence-corrected chi connectivity index (χ4v) is 6.90. The van der Waals surface area contributed by atoms with Crippen molar-refractivity contribution in [1.82, 2.24) is 19.7 Å². The van der Waals surface area contributed by atoms with E-state index >= 15 is 0 Å². The molecule has 0 N–H and O–H groups in total. The normalized spacial score (nSPS) is 20.0. The predicted molar refractivity (Wildman–Crippen MR) is 179 cm³/mol. The maximum Gasteiger partial charge on any atom is 0.414 e. The molecule has 4 heterocycles. The number of piperidine rings is 1. The lowest BCUT2D eigenvalue weighted by atomic mass is 10.0. The molecular formula is C34H47ClN6O5. The van der Waals surface area contributed by atoms with Crippen molar-refractivity contribution in [3.63, 3.8) is 0 Å². The number of benzene rings is 1. The van der Waals surface area contributed by atoms with Crippen molar-refractivity contribution in [2.24, 2.45) is 11.8 Å². The SMILES string of the molecule is CCOc1nc(N(C)C)ccc1C(=O)N1CC2CN(CCCN(C(=O)OC3CCN(C(C)=O)CC3)c3ccc(C)c(Cl)c3)CC2C1. The van der Waals surface area contributed by atoms with E-state index in [4.69, 9.17) is 21.1 Å². The molecule has 2 atom stereocenters. The third-order valence-corrected chi connectivity index (χ3v) is 9.77. The third-order valence-electron chi connectivity index (χ3n) is 9.36. The molecule has 3 aliphatic heterocycles. The smallest absolute Gasteiger partial charge is 0.414 e. The van der Waals surface area contributed by atoms with E-state index < -0.39 is 0 Å². The van der Waals surface area contributed by atoms with Gasteiger partial charge in [-0.1, -0.05) is 17.7 Å². The monoisotopic (exact) mass is 654 g/mol. The van der Waals surface area contributed by atoms with Gasteiger partial charge in [0, 0.05) is 90.4 Å². The highest BCUT2D eigenvalue weighted by atomic mass is 35.5. The maximum absolute atomic E-state index is 13.5. The summed E-state index contributed by atoms with van der Waals surface area (Å²) in [6.45, 7) is 11.6. The van der Waals surface area contributed by atoms with Gasteiger partial charge in [-0.3, -0.25) is 14.5 Å². The van der Waals surface area contributed by atoms with Gasteiger partial charge in [-0.2, -0.15) is 4.98 Å². The summed E-state index contributed by atoms with van der Waals surface area (Å²) in [5.41, 5.74) is 2.17. The molecule has 2 unspecified atom stereocenters. The van der Waals surface area contributed by atoms with Crippen LogP contribution in [0, 0.1) is 18.8 Å². The number of likely N-dealkylation sites (tertiary alicyclic amines) is 3. The second-order valence-electron chi connectivity index (χ2n) is 12.9. The van der Waals surface area contributed by atoms with Crippen molar-refractivity contribution in [3.05, 3.63) is 46.5 Å². The van der Waals surface area contributed by atoms with E-state index in [0.717, 1.165) is 37.4 Å². The summed E-state index contributed by atoms with van der Waals surface area (Å²) in [7, 11) is 3.83. The summed E-state index contributed by atoms with van der Waals surface area (Å²) in [4.78, 5) is 53.0. The van der Waals surface area contributed by atoms with Gasteiger partial charge in [-0.15, -0.1) is 0 Å². The largest absolute Gasteiger partial charge is 0.477 e. The number of halogens is 1. The summed E-state index contributed by atoms with van der Waals surface area (Å²) in [5.74, 6) is 1.98. The van der Waals surface area contributed by atoms with Crippen LogP contribution >= 0.6 is 11.6 Å². The zero-order chi connectivity index (χ0) is 33.0. The Balaban J connectivity index is 1.15. The van der Waals surface area contributed by atoms with Crippen molar-refractivity contribution in [1.29, 1.82) is 0 Å². The molecule has 0 bridgehead atoms. The van der Waals surface area contributed by atoms with E-state index in [2.05, 4.69) is 9.88 Å². The van der Waals surface area contributed by atoms with Crippen molar-refractivity contribution in [3.8, 4) is 5.88 Å². The fraction of sp³-hybridized carbons (Fsp3) is 0.588. The van der Waals surface area contributed by atoms with Gasteiger partial charge in [0.15, 0.2) is 0 Å². The van der Waals surface area contributed by atoms with Gasteiger partial charge in [0.05, 0.1) is 6.61 Å². The molecule has 2 aromatic rings. The van der Waals surface area contributed by atoms with E-state index in [-0.39, 0.29) is 24.0 Å². The number of amides is 3. The minimum atomic E-state index is -0.381. The highest BCUT2D eigenvalue weighted by Crippen LogP contribution is 2.33. The number of aryl methyl sites for hydroxylation is 1. The summed E-state index contributed by atoms with van der Waals surface area (Å²) in [6, 6.07) is 9.33. The lowest BCUT2D eigenvalue weighted by Gasteiger charge is -2.32. The molecule has 5 rings (SSSR count). The summed E-state index contributed by atoms with van der Waals surface area (Å²) < 4.78 is 11.7. The number of pyridine rings is 1. The van der Waals surface area contributed by atoms with Crippen LogP contribution in [-0.2, 0) is 9.53 Å². The van der Waals surface area contributed by atoms with Crippen molar-refractivity contribution >= 4 is 41.0 Å². The zero-order valence-electron chi connectivity index (χ0n) is 27.7. The number of hydrogen-bond acceptors (Lipinski definition) is 8. The van der Waals surface area contributed by atoms with Gasteiger partial charge < -0.3 is 29.1 Å². The first-order valence-electron chi connectivity index (χ1n) is 16.4. The Hall–Kier alpha value is -3.57. The molecule has 11 nitrogen and oxygen atoms in total. The van der Waals surface area contributed by atoms with Crippen LogP contribution in [0.4, 0.5) is 16.3 Å². The standard InChI is InChI=1S/C34H47ClN6O5/c1-6-45-32-29(10-11-31(36-32)37(4)5)33(43)40-21-25-19-38(20-26(25)22-40)14-7-15-41(27-9-8-23(2)30(35)18-27)34(44)46-28-12-16-39(17-13-28)24(3)42/h8-11,18,25-26,28H,6-7,12-17,19-22H2,1-5H3. The average Bonchev–Trinajstić information content (AvgIpc) is 3.60. The lowest BCUT2D eigenvalue weighted by molar-refractivity contribution is -0.130. The Morgan fingerprint density at radius 1 is 1.00 bits per heavy atom. The first kappa shape index (κ1) is 33.8. The Labute approximate surface area is 277 Å². The highest BCUT2D eigenvalue weighted by molar-refractivity contribution is 6.31. The minimum Gasteiger partial charge on any atom is -0.477 e. The highest BCUT2D eigenvalue weighted by Gasteiger charge is 2.42. The van der Waals surface area contributed by atoms with Gasteiger partial charge in [0.25, 0.3) is 5.91 Å². The molecular weight excluding hydrogens is 608 g/mol. The van der Waals surface area contributed by atoms with Crippen molar-refractivity contribution in [2.75, 3.05) is 82.9 Å². The van der Waals surface area contributed by atoms with E-state index in [9.17, 15) is 14.4 Å². The quantitative estimate of drug-likeness (QED) is 0.368. The number of aromatic nitrogens is 1. The molecule has 0 aliphatic carbocycles. The number of nitrogens with zero attached hydrogens (tertiary/aromatic N) is 6. The van der Waals surface area contributed by atoms with E-state index in [1.165, 1.54) is 0 Å². The van der Waals surface area contributed by atoms with Crippen LogP contribution in [0.2, 0.25) is 5.02 Å². The molecule has 12 heteroatoms. The van der Waals surface area contributed by atoms with Gasteiger partial charge in [0.1, 0.15) is 17.5 Å². The molecule has 1 aromatic heterocycles. The first-order chi connectivity index (χ1) is 22.0. The van der Waals surface area contributed by atoms with Gasteiger partial charge in [-0.05, 0) is 68.5 Å². The summed E-state index contributed by atoms with van der Waals surface area (Å²) in [5, 5.41) is 0.606. The Morgan fingerprint density at radius 2 is 1.70 bits per heavy atom. The molecule has 3 aliphatic rings. The van der Waals surface area contributed by atoms with E-state index in [1.807, 2.05) is 68.1 Å². The van der Waals surface area contributed by atoms with Crippen LogP contribution in [0.25, 0.3) is 0 Å². The molecule has 3 amide bonds. The molecule has 3 fully saturated rings. The Bertz CT molecular complexity index is 1400. The molecule has 0 radical (unpaired) electrons. The topological polar surface area (TPSA) is 98.8 Å². The van der Waals surface area contributed by atoms with E-state index in [1.54, 1.807) is 16.7 Å². The molecule has 0 saturated carbocycles. The Kier molecular flexibility index (Phi) is 10.9. The number of ether oxygens (including phenoxy) is 2. The minimum absolute atomic E-state index is 0.0277. The molecule has 1 aromatic carbocycles. The number of hydrogen-bond donors (Lipinski definition) is 0. The number of carbonyl (C=O) groups is 3. The molecule has 46 heavy (non-hydrogen) atoms. The number of anilines is 2. The number of rotatable bonds is 10. The van der Waals surface area contributed by atoms with Gasteiger partial charge in [-0.25, -0.2) is 4.79 Å². The van der Waals surface area contributed by atoms with Crippen LogP contribution in [0.5, 0.6) is 5.88 Å². The zero-order valence-corrected chi connectivity index (χ0v) is 28.5. The third kappa shape index (κ3) is 7.86. The van der Waals surface area contributed by atoms with E-state index in [0.29, 0.717) is 86.2 Å². The summed E-state index contributed by atoms with van der Waals surface area (Å²) in [6.07, 6.45) is 1.44. The summed E-state index contributed by atoms with van der Waals surface area (Å²) >= 11 is 6.44. The van der Waals surface area contributed by atoms with Crippen LogP contribution in [0.15, 0.2) is 30.3 Å². The van der Waals surface area contributed by atoms with Gasteiger partial charge in [0.2, 0.25) is 11.8 Å². The molecule has 3 saturated heterocycles.